The van der Waals surface area contributed by atoms with Crippen LogP contribution in [0.2, 0.25) is 0 Å². The number of nitrogens with one attached hydrogen (secondary N) is 2. The van der Waals surface area contributed by atoms with Gasteiger partial charge in [0, 0.05) is 36.6 Å². The second-order valence-electron chi connectivity index (χ2n) is 12.4. The highest BCUT2D eigenvalue weighted by Gasteiger charge is 2.47. The summed E-state index contributed by atoms with van der Waals surface area (Å²) in [5.41, 5.74) is 3.99. The first-order chi connectivity index (χ1) is 26.3. The highest BCUT2D eigenvalue weighted by Crippen LogP contribution is 2.56. The topological polar surface area (TPSA) is 415 Å². The van der Waals surface area contributed by atoms with Gasteiger partial charge in [-0.1, -0.05) is 37.8 Å². The Hall–Kier alpha value is -2.88. The number of aliphatic carboxylic acids is 1. The van der Waals surface area contributed by atoms with Crippen molar-refractivity contribution < 1.29 is 90.4 Å². The van der Waals surface area contributed by atoms with Crippen molar-refractivity contribution in [2.75, 3.05) is 37.8 Å². The van der Waals surface area contributed by atoms with Gasteiger partial charge in [-0.15, -0.1) is 0 Å². The molecule has 3 heterocycles. The number of carboxylic acids is 1. The molecule has 26 nitrogen and oxygen atoms in total. The Morgan fingerprint density at radius 3 is 2.37 bits per heavy atom. The number of aliphatic hydroxyl groups is 2. The number of nitrogens with zero attached hydrogens (tertiary/aromatic N) is 4. The number of anilines is 1. The number of rotatable bonds is 23. The molecule has 0 radical (unpaired) electrons. The molecule has 1 saturated heterocycles. The maximum Gasteiger partial charge on any atom is 0.274 e. The lowest BCUT2D eigenvalue weighted by Gasteiger charge is -2.36. The highest BCUT2D eigenvalue weighted by molar-refractivity contribution is 8.17. The van der Waals surface area contributed by atoms with E-state index in [0.717, 1.165) is 42.8 Å². The summed E-state index contributed by atoms with van der Waals surface area (Å²) in [6, 6.07) is 0. The number of nitrogen functional groups attached to an aromatic ring is 1. The van der Waals surface area contributed by atoms with E-state index in [2.05, 4.69) is 43.5 Å². The SMILES string of the molecule is CC(C)(COP(=O)([O-])OP(=O)([O-])OC[C@H]1O[C@@H](n2cnc3c(N)ncnc32)[C@H](O)[C@@H]1OP(=O)([O-])[O-])C(O)C(=O)NCCC(=O)NCCSC(=O)C(=S)CCC(=O)[O-]. The number of aromatic nitrogens is 4. The number of amides is 2. The Balaban J connectivity index is 1.47. The molecule has 0 aromatic carbocycles. The largest absolute Gasteiger partial charge is 0.790 e. The van der Waals surface area contributed by atoms with Crippen molar-refractivity contribution in [3.05, 3.63) is 12.7 Å². The number of hydrogen-bond donors (Lipinski definition) is 5. The first-order valence-corrected chi connectivity index (χ1v) is 21.8. The molecule has 1 aliphatic rings. The zero-order valence-electron chi connectivity index (χ0n) is 29.6. The van der Waals surface area contributed by atoms with Crippen molar-refractivity contribution in [1.82, 2.24) is 30.2 Å². The van der Waals surface area contributed by atoms with Crippen LogP contribution in [0.4, 0.5) is 5.82 Å². The molecule has 2 aromatic rings. The Bertz CT molecular complexity index is 1950. The normalized spacial score (nSPS) is 21.3. The summed E-state index contributed by atoms with van der Waals surface area (Å²) in [6.45, 7) is -0.279. The molecule has 3 rings (SSSR count). The number of nitrogens with two attached hydrogens (primary N) is 1. The average molecular weight is 907 g/mol. The third kappa shape index (κ3) is 15.0. The first-order valence-electron chi connectivity index (χ1n) is 16.0. The van der Waals surface area contributed by atoms with E-state index in [0.29, 0.717) is 0 Å². The molecule has 0 aliphatic carbocycles. The molecule has 1 fully saturated rings. The molecule has 31 heteroatoms. The van der Waals surface area contributed by atoms with Gasteiger partial charge in [0.1, 0.15) is 36.3 Å². The fraction of sp³-hybridized carbons (Fsp3) is 0.615. The molecule has 0 saturated carbocycles. The molecular formula is C26H35N7O19P3S2-5. The summed E-state index contributed by atoms with van der Waals surface area (Å²) < 4.78 is 60.3. The fourth-order valence-corrected chi connectivity index (χ4v) is 8.32. The quantitative estimate of drug-likeness (QED) is 0.0396. The zero-order valence-corrected chi connectivity index (χ0v) is 33.9. The molecule has 6 N–H and O–H groups in total. The van der Waals surface area contributed by atoms with E-state index in [9.17, 15) is 67.8 Å². The number of carboxylic acid groups (broad SMARTS) is 1. The minimum Gasteiger partial charge on any atom is -0.790 e. The van der Waals surface area contributed by atoms with Gasteiger partial charge in [0.05, 0.1) is 32.2 Å². The van der Waals surface area contributed by atoms with Gasteiger partial charge in [-0.05, 0) is 12.8 Å². The number of carbonyl (C=O) groups is 4. The predicted octanol–water partition coefficient (Wildman–Crippen LogP) is -4.96. The molecule has 3 unspecified atom stereocenters. The summed E-state index contributed by atoms with van der Waals surface area (Å²) in [5.74, 6) is -2.97. The minimum atomic E-state index is -5.94. The predicted molar refractivity (Wildman–Crippen MR) is 185 cm³/mol. The Morgan fingerprint density at radius 1 is 1.05 bits per heavy atom. The van der Waals surface area contributed by atoms with E-state index in [1.807, 2.05) is 0 Å². The Morgan fingerprint density at radius 2 is 1.72 bits per heavy atom. The molecule has 7 atom stereocenters. The van der Waals surface area contributed by atoms with Crippen LogP contribution in [0.3, 0.4) is 0 Å². The van der Waals surface area contributed by atoms with E-state index in [4.69, 9.17) is 22.7 Å². The van der Waals surface area contributed by atoms with E-state index in [-0.39, 0.29) is 53.5 Å². The number of thioether (sulfide) groups is 1. The first kappa shape index (κ1) is 48.5. The standard InChI is InChI=1S/C26H40N7O19P3S2/c1-26(2,20(38)23(39)29-6-5-15(34)28-7-8-57-25(40)14(56)3-4-16(35)36)10-49-55(46,47)52-54(44,45)48-9-13-19(51-53(41,42)43)18(37)24(50-13)33-12-32-17-21(27)30-11-31-22(17)33/h11-13,18-20,24,37-38H,3-10H2,1-2H3,(H,28,34)(H,29,39)(H,35,36)(H,44,45)(H,46,47)(H2,27,30,31)(H2,41,42,43)/p-5/t13-,18-,19-,20?,24-/m1/s1. The maximum absolute atomic E-state index is 12.5. The molecular weight excluding hydrogens is 871 g/mol. The molecule has 0 bridgehead atoms. The van der Waals surface area contributed by atoms with Crippen LogP contribution in [0.1, 0.15) is 39.3 Å². The Labute approximate surface area is 331 Å². The maximum atomic E-state index is 12.5. The van der Waals surface area contributed by atoms with Crippen LogP contribution in [0, 0.1) is 5.41 Å². The smallest absolute Gasteiger partial charge is 0.274 e. The van der Waals surface area contributed by atoms with Crippen molar-refractivity contribution in [2.24, 2.45) is 5.41 Å². The van der Waals surface area contributed by atoms with E-state index < -0.39 is 102 Å². The number of fused-ring (bicyclic) bond motifs is 1. The number of aliphatic hydroxyl groups excluding tert-OH is 2. The summed E-state index contributed by atoms with van der Waals surface area (Å²) in [5, 5.41) is 35.9. The third-order valence-electron chi connectivity index (χ3n) is 7.49. The monoisotopic (exact) mass is 906 g/mol. The van der Waals surface area contributed by atoms with Crippen LogP contribution < -0.4 is 41.0 Å². The van der Waals surface area contributed by atoms with Crippen LogP contribution in [-0.2, 0) is 55.5 Å². The molecule has 57 heavy (non-hydrogen) atoms. The van der Waals surface area contributed by atoms with E-state index in [1.54, 1.807) is 0 Å². The van der Waals surface area contributed by atoms with Crippen molar-refractivity contribution in [1.29, 1.82) is 0 Å². The summed E-state index contributed by atoms with van der Waals surface area (Å²) in [4.78, 5) is 106. The molecule has 0 spiro atoms. The fourth-order valence-electron chi connectivity index (χ4n) is 4.65. The number of imidazole rings is 1. The number of ether oxygens (including phenoxy) is 1. The number of thiocarbonyl (C=S) groups is 1. The van der Waals surface area contributed by atoms with Crippen molar-refractivity contribution in [2.45, 2.75) is 63.8 Å². The van der Waals surface area contributed by atoms with Gasteiger partial charge < -0.3 is 78.9 Å². The van der Waals surface area contributed by atoms with Crippen LogP contribution in [0.5, 0.6) is 0 Å². The third-order valence-corrected chi connectivity index (χ3v) is 11.9. The van der Waals surface area contributed by atoms with Crippen LogP contribution in [0.15, 0.2) is 12.7 Å². The second kappa shape index (κ2) is 20.4. The lowest BCUT2D eigenvalue weighted by atomic mass is 9.87. The van der Waals surface area contributed by atoms with E-state index in [1.165, 1.54) is 0 Å². The van der Waals surface area contributed by atoms with Gasteiger partial charge in [0.15, 0.2) is 17.7 Å². The summed E-state index contributed by atoms with van der Waals surface area (Å²) in [6.07, 6.45) is -8.38. The summed E-state index contributed by atoms with van der Waals surface area (Å²) >= 11 is 5.59. The van der Waals surface area contributed by atoms with Crippen LogP contribution >= 0.6 is 47.4 Å². The Kier molecular flexibility index (Phi) is 17.3. The molecule has 1 aliphatic heterocycles. The van der Waals surface area contributed by atoms with Gasteiger partial charge in [-0.3, -0.25) is 28.1 Å². The van der Waals surface area contributed by atoms with Gasteiger partial charge >= 0.3 is 0 Å². The van der Waals surface area contributed by atoms with Gasteiger partial charge in [0.2, 0.25) is 16.9 Å². The molecule has 2 amide bonds. The van der Waals surface area contributed by atoms with Gasteiger partial charge in [-0.2, -0.15) is 0 Å². The lowest BCUT2D eigenvalue weighted by molar-refractivity contribution is -0.347. The molecule has 2 aromatic heterocycles. The van der Waals surface area contributed by atoms with Crippen molar-refractivity contribution in [3.8, 4) is 0 Å². The van der Waals surface area contributed by atoms with Gasteiger partial charge in [-0.25, -0.2) is 19.3 Å². The van der Waals surface area contributed by atoms with Gasteiger partial charge in [0.25, 0.3) is 15.6 Å². The van der Waals surface area contributed by atoms with Crippen LogP contribution in [-0.4, -0.2) is 114 Å². The summed E-state index contributed by atoms with van der Waals surface area (Å²) in [7, 11) is -17.7. The van der Waals surface area contributed by atoms with E-state index >= 15 is 0 Å². The van der Waals surface area contributed by atoms with Crippen molar-refractivity contribution in [3.63, 3.8) is 0 Å². The number of phosphoric ester groups is 3. The van der Waals surface area contributed by atoms with Crippen molar-refractivity contribution >= 4 is 92.2 Å². The number of carbonyl (C=O) groups excluding carboxylic acids is 4. The lowest BCUT2D eigenvalue weighted by Crippen LogP contribution is -2.46. The number of hydrogen-bond acceptors (Lipinski definition) is 25. The second-order valence-corrected chi connectivity index (χ2v) is 18.0. The van der Waals surface area contributed by atoms with Crippen LogP contribution in [0.25, 0.3) is 11.2 Å². The highest BCUT2D eigenvalue weighted by atomic mass is 32.2. The average Bonchev–Trinajstić information content (AvgIpc) is 3.66. The zero-order chi connectivity index (χ0) is 42.9. The molecule has 320 valence electrons. The minimum absolute atomic E-state index is 0.0210. The number of phosphoric acid groups is 3.